The van der Waals surface area contributed by atoms with E-state index in [0.29, 0.717) is 17.5 Å². The summed E-state index contributed by atoms with van der Waals surface area (Å²) >= 11 is 3.38. The Morgan fingerprint density at radius 3 is 2.70 bits per heavy atom. The lowest BCUT2D eigenvalue weighted by Crippen LogP contribution is -1.96. The van der Waals surface area contributed by atoms with Gasteiger partial charge in [-0.1, -0.05) is 33.2 Å². The molecular weight excluding hydrogens is 366 g/mol. The molecule has 1 heterocycles. The standard InChI is InChI=1S/C15H10BrN3O4/c16-11-3-1-2-10(8-11)15-17-14(23-18-15)9-22-13-6-4-12(5-7-13)19(20)21/h1-8H,9H2. The summed E-state index contributed by atoms with van der Waals surface area (Å²) in [4.78, 5) is 14.4. The largest absolute Gasteiger partial charge is 0.484 e. The second-order valence-corrected chi connectivity index (χ2v) is 5.48. The number of nitro groups is 1. The van der Waals surface area contributed by atoms with Gasteiger partial charge in [0.05, 0.1) is 4.92 Å². The Morgan fingerprint density at radius 1 is 1.22 bits per heavy atom. The minimum atomic E-state index is -0.466. The van der Waals surface area contributed by atoms with Crippen LogP contribution >= 0.6 is 15.9 Å². The second kappa shape index (κ2) is 6.57. The number of nitro benzene ring substituents is 1. The van der Waals surface area contributed by atoms with Crippen LogP contribution in [0.5, 0.6) is 5.75 Å². The topological polar surface area (TPSA) is 91.3 Å². The second-order valence-electron chi connectivity index (χ2n) is 4.56. The normalized spacial score (nSPS) is 10.5. The van der Waals surface area contributed by atoms with Crippen molar-refractivity contribution < 1.29 is 14.2 Å². The van der Waals surface area contributed by atoms with Gasteiger partial charge in [0.2, 0.25) is 5.82 Å². The van der Waals surface area contributed by atoms with Crippen molar-refractivity contribution in [2.75, 3.05) is 0 Å². The van der Waals surface area contributed by atoms with Crippen molar-refractivity contribution in [3.05, 3.63) is 69.0 Å². The molecule has 0 radical (unpaired) electrons. The minimum absolute atomic E-state index is 0.00656. The average molecular weight is 376 g/mol. The SMILES string of the molecule is O=[N+]([O-])c1ccc(OCc2nc(-c3cccc(Br)c3)no2)cc1. The van der Waals surface area contributed by atoms with Crippen molar-refractivity contribution in [2.24, 2.45) is 0 Å². The fourth-order valence-corrected chi connectivity index (χ4v) is 2.27. The number of aromatic nitrogens is 2. The van der Waals surface area contributed by atoms with Gasteiger partial charge in [0.25, 0.3) is 11.6 Å². The first kappa shape index (κ1) is 15.2. The molecule has 3 aromatic rings. The Morgan fingerprint density at radius 2 is 2.00 bits per heavy atom. The molecule has 23 heavy (non-hydrogen) atoms. The molecule has 3 rings (SSSR count). The number of hydrogen-bond acceptors (Lipinski definition) is 6. The maximum absolute atomic E-state index is 10.6. The van der Waals surface area contributed by atoms with Crippen LogP contribution in [-0.4, -0.2) is 15.1 Å². The zero-order valence-corrected chi connectivity index (χ0v) is 13.3. The molecule has 0 saturated heterocycles. The van der Waals surface area contributed by atoms with E-state index in [2.05, 4.69) is 26.1 Å². The summed E-state index contributed by atoms with van der Waals surface area (Å²) in [6.07, 6.45) is 0. The van der Waals surface area contributed by atoms with Crippen LogP contribution in [0.2, 0.25) is 0 Å². The van der Waals surface area contributed by atoms with E-state index in [1.165, 1.54) is 24.3 Å². The van der Waals surface area contributed by atoms with Crippen molar-refractivity contribution in [3.63, 3.8) is 0 Å². The zero-order chi connectivity index (χ0) is 16.2. The molecule has 0 fully saturated rings. The average Bonchev–Trinajstić information content (AvgIpc) is 3.02. The molecule has 0 spiro atoms. The smallest absolute Gasteiger partial charge is 0.269 e. The van der Waals surface area contributed by atoms with Crippen LogP contribution in [0.3, 0.4) is 0 Å². The minimum Gasteiger partial charge on any atom is -0.484 e. The van der Waals surface area contributed by atoms with E-state index in [1.807, 2.05) is 24.3 Å². The molecule has 0 aliphatic heterocycles. The fourth-order valence-electron chi connectivity index (χ4n) is 1.87. The van der Waals surface area contributed by atoms with Crippen LogP contribution in [0.4, 0.5) is 5.69 Å². The first-order chi connectivity index (χ1) is 11.1. The number of halogens is 1. The lowest BCUT2D eigenvalue weighted by Gasteiger charge is -2.01. The van der Waals surface area contributed by atoms with Crippen molar-refractivity contribution in [1.29, 1.82) is 0 Å². The summed E-state index contributed by atoms with van der Waals surface area (Å²) in [5.41, 5.74) is 0.830. The number of hydrogen-bond donors (Lipinski definition) is 0. The maximum Gasteiger partial charge on any atom is 0.269 e. The highest BCUT2D eigenvalue weighted by atomic mass is 79.9. The molecule has 0 aliphatic rings. The van der Waals surface area contributed by atoms with E-state index >= 15 is 0 Å². The first-order valence-electron chi connectivity index (χ1n) is 6.57. The molecule has 116 valence electrons. The van der Waals surface area contributed by atoms with Gasteiger partial charge in [-0.2, -0.15) is 4.98 Å². The summed E-state index contributed by atoms with van der Waals surface area (Å²) in [6, 6.07) is 13.3. The maximum atomic E-state index is 10.6. The Labute approximate surface area is 139 Å². The molecule has 0 N–H and O–H groups in total. The number of nitrogens with zero attached hydrogens (tertiary/aromatic N) is 3. The highest BCUT2D eigenvalue weighted by Gasteiger charge is 2.10. The van der Waals surface area contributed by atoms with Gasteiger partial charge in [-0.25, -0.2) is 0 Å². The van der Waals surface area contributed by atoms with Gasteiger partial charge in [-0.3, -0.25) is 10.1 Å². The molecule has 0 atom stereocenters. The van der Waals surface area contributed by atoms with E-state index in [9.17, 15) is 10.1 Å². The third-order valence-corrected chi connectivity index (χ3v) is 3.45. The van der Waals surface area contributed by atoms with Crippen LogP contribution in [-0.2, 0) is 6.61 Å². The van der Waals surface area contributed by atoms with Gasteiger partial charge < -0.3 is 9.26 Å². The fraction of sp³-hybridized carbons (Fsp3) is 0.0667. The third kappa shape index (κ3) is 3.72. The quantitative estimate of drug-likeness (QED) is 0.494. The van der Waals surface area contributed by atoms with Gasteiger partial charge in [0, 0.05) is 22.2 Å². The van der Waals surface area contributed by atoms with E-state index < -0.39 is 4.92 Å². The summed E-state index contributed by atoms with van der Waals surface area (Å²) in [6.45, 7) is 0.0822. The molecule has 1 aromatic heterocycles. The van der Waals surface area contributed by atoms with Gasteiger partial charge in [0.1, 0.15) is 5.75 Å². The summed E-state index contributed by atoms with van der Waals surface area (Å²) in [7, 11) is 0. The van der Waals surface area contributed by atoms with Crippen molar-refractivity contribution in [2.45, 2.75) is 6.61 Å². The van der Waals surface area contributed by atoms with Crippen molar-refractivity contribution in [1.82, 2.24) is 10.1 Å². The van der Waals surface area contributed by atoms with Crippen LogP contribution in [0.15, 0.2) is 57.5 Å². The van der Waals surface area contributed by atoms with E-state index in [0.717, 1.165) is 10.0 Å². The van der Waals surface area contributed by atoms with Gasteiger partial charge in [-0.15, -0.1) is 0 Å². The highest BCUT2D eigenvalue weighted by molar-refractivity contribution is 9.10. The molecular formula is C15H10BrN3O4. The molecule has 2 aromatic carbocycles. The predicted octanol–water partition coefficient (Wildman–Crippen LogP) is 3.99. The van der Waals surface area contributed by atoms with Gasteiger partial charge in [0.15, 0.2) is 6.61 Å². The number of ether oxygens (including phenoxy) is 1. The Hall–Kier alpha value is -2.74. The van der Waals surface area contributed by atoms with Gasteiger partial charge >= 0.3 is 0 Å². The third-order valence-electron chi connectivity index (χ3n) is 2.96. The Balaban J connectivity index is 1.66. The molecule has 0 amide bonds. The first-order valence-corrected chi connectivity index (χ1v) is 7.37. The highest BCUT2D eigenvalue weighted by Crippen LogP contribution is 2.21. The number of benzene rings is 2. The van der Waals surface area contributed by atoms with Crippen LogP contribution < -0.4 is 4.74 Å². The number of rotatable bonds is 5. The predicted molar refractivity (Wildman–Crippen MR) is 84.9 cm³/mol. The van der Waals surface area contributed by atoms with E-state index in [4.69, 9.17) is 9.26 Å². The van der Waals surface area contributed by atoms with Crippen LogP contribution in [0.1, 0.15) is 5.89 Å². The summed E-state index contributed by atoms with van der Waals surface area (Å²) in [5, 5.41) is 14.5. The van der Waals surface area contributed by atoms with Gasteiger partial charge in [-0.05, 0) is 24.3 Å². The van der Waals surface area contributed by atoms with Crippen LogP contribution in [0, 0.1) is 10.1 Å². The monoisotopic (exact) mass is 375 g/mol. The van der Waals surface area contributed by atoms with Crippen LogP contribution in [0.25, 0.3) is 11.4 Å². The van der Waals surface area contributed by atoms with E-state index in [-0.39, 0.29) is 12.3 Å². The lowest BCUT2D eigenvalue weighted by molar-refractivity contribution is -0.384. The lowest BCUT2D eigenvalue weighted by atomic mass is 10.2. The molecule has 0 unspecified atom stereocenters. The molecule has 0 aliphatic carbocycles. The summed E-state index contributed by atoms with van der Waals surface area (Å²) < 4.78 is 11.5. The summed E-state index contributed by atoms with van der Waals surface area (Å²) in [5.74, 6) is 1.27. The van der Waals surface area contributed by atoms with Crippen molar-refractivity contribution in [3.8, 4) is 17.1 Å². The molecule has 0 saturated carbocycles. The van der Waals surface area contributed by atoms with E-state index in [1.54, 1.807) is 0 Å². The zero-order valence-electron chi connectivity index (χ0n) is 11.7. The Kier molecular flexibility index (Phi) is 4.33. The van der Waals surface area contributed by atoms with Crippen molar-refractivity contribution >= 4 is 21.6 Å². The number of non-ortho nitro benzene ring substituents is 1. The molecule has 8 heteroatoms. The Bertz CT molecular complexity index is 833. The molecule has 7 nitrogen and oxygen atoms in total. The molecule has 0 bridgehead atoms.